The minimum atomic E-state index is -2.88. The molecule has 2 nitrogen and oxygen atoms in total. The Hall–Kier alpha value is -1.81. The number of benzene rings is 2. The molecular formula is C16H16ClF2NO. The summed E-state index contributed by atoms with van der Waals surface area (Å²) in [4.78, 5) is 0. The predicted molar refractivity (Wildman–Crippen MR) is 81.3 cm³/mol. The van der Waals surface area contributed by atoms with Gasteiger partial charge in [0.05, 0.1) is 5.02 Å². The Kier molecular flexibility index (Phi) is 5.02. The van der Waals surface area contributed by atoms with Crippen LogP contribution in [0.3, 0.4) is 0 Å². The molecule has 0 unspecified atom stereocenters. The quantitative estimate of drug-likeness (QED) is 0.822. The van der Waals surface area contributed by atoms with Crippen molar-refractivity contribution >= 4 is 17.3 Å². The predicted octanol–water partition coefficient (Wildman–Crippen LogP) is 5.17. The van der Waals surface area contributed by atoms with E-state index in [2.05, 4.69) is 28.3 Å². The number of halogens is 3. The van der Waals surface area contributed by atoms with Gasteiger partial charge >= 0.3 is 6.61 Å². The van der Waals surface area contributed by atoms with Gasteiger partial charge in [-0.2, -0.15) is 8.78 Å². The SMILES string of the molecule is Cc1cc(C)cc(CNc2ccc(OC(F)F)c(Cl)c2)c1. The maximum Gasteiger partial charge on any atom is 0.387 e. The zero-order valence-corrected chi connectivity index (χ0v) is 12.5. The molecular weight excluding hydrogens is 296 g/mol. The van der Waals surface area contributed by atoms with Gasteiger partial charge < -0.3 is 10.1 Å². The Bertz CT molecular complexity index is 611. The summed E-state index contributed by atoms with van der Waals surface area (Å²) in [5, 5.41) is 3.36. The van der Waals surface area contributed by atoms with Gasteiger partial charge in [-0.25, -0.2) is 0 Å². The van der Waals surface area contributed by atoms with Crippen LogP contribution in [0.4, 0.5) is 14.5 Å². The second-order valence-corrected chi connectivity index (χ2v) is 5.28. The lowest BCUT2D eigenvalue weighted by Gasteiger charge is -2.11. The molecule has 0 fully saturated rings. The average molecular weight is 312 g/mol. The second kappa shape index (κ2) is 6.76. The topological polar surface area (TPSA) is 21.3 Å². The summed E-state index contributed by atoms with van der Waals surface area (Å²) in [6, 6.07) is 11.0. The largest absolute Gasteiger partial charge is 0.433 e. The zero-order valence-electron chi connectivity index (χ0n) is 11.8. The summed E-state index contributed by atoms with van der Waals surface area (Å²) >= 11 is 5.91. The Morgan fingerprint density at radius 2 is 1.76 bits per heavy atom. The van der Waals surface area contributed by atoms with E-state index in [1.807, 2.05) is 13.8 Å². The van der Waals surface area contributed by atoms with Crippen molar-refractivity contribution in [3.63, 3.8) is 0 Å². The number of hydrogen-bond donors (Lipinski definition) is 1. The fourth-order valence-corrected chi connectivity index (χ4v) is 2.40. The van der Waals surface area contributed by atoms with E-state index in [1.165, 1.54) is 17.2 Å². The molecule has 0 aliphatic rings. The van der Waals surface area contributed by atoms with Gasteiger partial charge in [0.15, 0.2) is 0 Å². The number of rotatable bonds is 5. The van der Waals surface area contributed by atoms with Crippen LogP contribution in [0.5, 0.6) is 5.75 Å². The Balaban J connectivity index is 2.05. The van der Waals surface area contributed by atoms with E-state index in [4.69, 9.17) is 11.6 Å². The van der Waals surface area contributed by atoms with Gasteiger partial charge in [-0.1, -0.05) is 40.9 Å². The molecule has 0 aliphatic heterocycles. The van der Waals surface area contributed by atoms with Crippen molar-refractivity contribution in [3.8, 4) is 5.75 Å². The molecule has 21 heavy (non-hydrogen) atoms. The fraction of sp³-hybridized carbons (Fsp3) is 0.250. The Morgan fingerprint density at radius 1 is 1.10 bits per heavy atom. The molecule has 112 valence electrons. The average Bonchev–Trinajstić information content (AvgIpc) is 2.38. The first-order valence-corrected chi connectivity index (χ1v) is 6.87. The van der Waals surface area contributed by atoms with Crippen molar-refractivity contribution in [3.05, 3.63) is 58.1 Å². The fourth-order valence-electron chi connectivity index (χ4n) is 2.18. The monoisotopic (exact) mass is 311 g/mol. The molecule has 0 aliphatic carbocycles. The van der Waals surface area contributed by atoms with Crippen LogP contribution in [0.25, 0.3) is 0 Å². The second-order valence-electron chi connectivity index (χ2n) is 4.87. The van der Waals surface area contributed by atoms with E-state index in [9.17, 15) is 8.78 Å². The molecule has 5 heteroatoms. The summed E-state index contributed by atoms with van der Waals surface area (Å²) in [5.41, 5.74) is 4.30. The first-order chi connectivity index (χ1) is 9.94. The smallest absolute Gasteiger partial charge is 0.387 e. The third-order valence-corrected chi connectivity index (χ3v) is 3.22. The Labute approximate surface area is 127 Å². The summed E-state index contributed by atoms with van der Waals surface area (Å²) in [7, 11) is 0. The van der Waals surface area contributed by atoms with Gasteiger partial charge in [-0.05, 0) is 37.6 Å². The number of anilines is 1. The highest BCUT2D eigenvalue weighted by molar-refractivity contribution is 6.32. The van der Waals surface area contributed by atoms with Crippen LogP contribution in [-0.2, 0) is 6.54 Å². The summed E-state index contributed by atoms with van der Waals surface area (Å²) in [5.74, 6) is -0.0244. The lowest BCUT2D eigenvalue weighted by molar-refractivity contribution is -0.0497. The van der Waals surface area contributed by atoms with E-state index < -0.39 is 6.61 Å². The molecule has 0 bridgehead atoms. The molecule has 2 aromatic carbocycles. The van der Waals surface area contributed by atoms with E-state index in [1.54, 1.807) is 12.1 Å². The third-order valence-electron chi connectivity index (χ3n) is 2.93. The lowest BCUT2D eigenvalue weighted by Crippen LogP contribution is -2.03. The van der Waals surface area contributed by atoms with Crippen molar-refractivity contribution in [2.75, 3.05) is 5.32 Å². The number of nitrogens with one attached hydrogen (secondary N) is 1. The Morgan fingerprint density at radius 3 is 2.33 bits per heavy atom. The highest BCUT2D eigenvalue weighted by atomic mass is 35.5. The van der Waals surface area contributed by atoms with Crippen molar-refractivity contribution in [1.82, 2.24) is 0 Å². The molecule has 2 aromatic rings. The van der Waals surface area contributed by atoms with Crippen molar-refractivity contribution in [2.45, 2.75) is 27.0 Å². The van der Waals surface area contributed by atoms with Gasteiger partial charge in [0.2, 0.25) is 0 Å². The van der Waals surface area contributed by atoms with E-state index >= 15 is 0 Å². The van der Waals surface area contributed by atoms with Crippen LogP contribution >= 0.6 is 11.6 Å². The third kappa shape index (κ3) is 4.60. The van der Waals surface area contributed by atoms with Crippen LogP contribution in [-0.4, -0.2) is 6.61 Å². The standard InChI is InChI=1S/C16H16ClF2NO/c1-10-5-11(2)7-12(6-10)9-20-13-3-4-15(14(17)8-13)21-16(18)19/h3-8,16,20H,9H2,1-2H3. The summed E-state index contributed by atoms with van der Waals surface area (Å²) in [6.07, 6.45) is 0. The lowest BCUT2D eigenvalue weighted by atomic mass is 10.1. The molecule has 0 amide bonds. The number of aryl methyl sites for hydroxylation is 2. The van der Waals surface area contributed by atoms with Crippen LogP contribution in [0, 0.1) is 13.8 Å². The molecule has 0 radical (unpaired) electrons. The van der Waals surface area contributed by atoms with Crippen molar-refractivity contribution < 1.29 is 13.5 Å². The minimum Gasteiger partial charge on any atom is -0.433 e. The first kappa shape index (κ1) is 15.6. The molecule has 2 rings (SSSR count). The van der Waals surface area contributed by atoms with E-state index in [0.29, 0.717) is 6.54 Å². The molecule has 0 aromatic heterocycles. The van der Waals surface area contributed by atoms with Crippen LogP contribution in [0.2, 0.25) is 5.02 Å². The van der Waals surface area contributed by atoms with E-state index in [0.717, 1.165) is 11.3 Å². The van der Waals surface area contributed by atoms with Gasteiger partial charge in [0, 0.05) is 12.2 Å². The zero-order chi connectivity index (χ0) is 15.4. The normalized spacial score (nSPS) is 10.8. The molecule has 0 heterocycles. The minimum absolute atomic E-state index is 0.0244. The molecule has 0 spiro atoms. The first-order valence-electron chi connectivity index (χ1n) is 6.49. The molecule has 0 saturated heterocycles. The van der Waals surface area contributed by atoms with Crippen LogP contribution in [0.15, 0.2) is 36.4 Å². The van der Waals surface area contributed by atoms with Crippen molar-refractivity contribution in [2.24, 2.45) is 0 Å². The highest BCUT2D eigenvalue weighted by Gasteiger charge is 2.09. The molecule has 1 N–H and O–H groups in total. The van der Waals surface area contributed by atoms with Gasteiger partial charge in [-0.3, -0.25) is 0 Å². The summed E-state index contributed by atoms with van der Waals surface area (Å²) < 4.78 is 28.6. The summed E-state index contributed by atoms with van der Waals surface area (Å²) in [6.45, 7) is 1.85. The van der Waals surface area contributed by atoms with Gasteiger partial charge in [0.1, 0.15) is 5.75 Å². The maximum absolute atomic E-state index is 12.1. The molecule has 0 saturated carbocycles. The number of ether oxygens (including phenoxy) is 1. The number of hydrogen-bond acceptors (Lipinski definition) is 2. The van der Waals surface area contributed by atoms with Crippen molar-refractivity contribution in [1.29, 1.82) is 0 Å². The van der Waals surface area contributed by atoms with E-state index in [-0.39, 0.29) is 10.8 Å². The molecule has 0 atom stereocenters. The number of alkyl halides is 2. The highest BCUT2D eigenvalue weighted by Crippen LogP contribution is 2.29. The maximum atomic E-state index is 12.1. The van der Waals surface area contributed by atoms with Crippen LogP contribution < -0.4 is 10.1 Å². The van der Waals surface area contributed by atoms with Crippen LogP contribution in [0.1, 0.15) is 16.7 Å². The van der Waals surface area contributed by atoms with Gasteiger partial charge in [-0.15, -0.1) is 0 Å². The van der Waals surface area contributed by atoms with Gasteiger partial charge in [0.25, 0.3) is 0 Å².